The first-order valence-electron chi connectivity index (χ1n) is 7.88. The van der Waals surface area contributed by atoms with E-state index in [0.29, 0.717) is 10.9 Å². The van der Waals surface area contributed by atoms with Crippen molar-refractivity contribution in [1.82, 2.24) is 15.2 Å². The third kappa shape index (κ3) is 4.74. The molecule has 3 rings (SSSR count). The first kappa shape index (κ1) is 19.5. The van der Waals surface area contributed by atoms with E-state index in [1.54, 1.807) is 0 Å². The van der Waals surface area contributed by atoms with Crippen molar-refractivity contribution in [2.24, 2.45) is 0 Å². The number of pyridine rings is 1. The maximum atomic E-state index is 13.2. The van der Waals surface area contributed by atoms with E-state index >= 15 is 0 Å². The number of ether oxygens (including phenoxy) is 1. The van der Waals surface area contributed by atoms with Crippen molar-refractivity contribution in [2.75, 3.05) is 17.7 Å². The Morgan fingerprint density at radius 1 is 1.25 bits per heavy atom. The fourth-order valence-corrected chi connectivity index (χ4v) is 2.76. The van der Waals surface area contributed by atoms with Crippen LogP contribution in [0.25, 0.3) is 0 Å². The predicted molar refractivity (Wildman–Crippen MR) is 97.4 cm³/mol. The first-order chi connectivity index (χ1) is 13.4. The van der Waals surface area contributed by atoms with Gasteiger partial charge >= 0.3 is 6.18 Å². The van der Waals surface area contributed by atoms with Crippen LogP contribution in [0.1, 0.15) is 21.5 Å². The number of nitrogens with zero attached hydrogens (tertiary/aromatic N) is 3. The fourth-order valence-electron chi connectivity index (χ4n) is 2.32. The quantitative estimate of drug-likeness (QED) is 0.643. The van der Waals surface area contributed by atoms with Gasteiger partial charge < -0.3 is 10.1 Å². The van der Waals surface area contributed by atoms with E-state index in [1.165, 1.54) is 54.4 Å². The summed E-state index contributed by atoms with van der Waals surface area (Å²) in [6.45, 7) is -0.0951. The summed E-state index contributed by atoms with van der Waals surface area (Å²) in [5, 5.41) is 13.0. The summed E-state index contributed by atoms with van der Waals surface area (Å²) in [5.74, 6) is 0.0433. The number of rotatable bonds is 6. The summed E-state index contributed by atoms with van der Waals surface area (Å²) in [7, 11) is 1.31. The molecule has 11 heteroatoms. The number of halogens is 3. The van der Waals surface area contributed by atoms with Crippen LogP contribution in [0.2, 0.25) is 0 Å². The highest BCUT2D eigenvalue weighted by Crippen LogP contribution is 2.34. The smallest absolute Gasteiger partial charge is 0.416 e. The summed E-state index contributed by atoms with van der Waals surface area (Å²) in [5.41, 5.74) is 1.02. The van der Waals surface area contributed by atoms with E-state index in [1.807, 2.05) is 0 Å². The third-order valence-corrected chi connectivity index (χ3v) is 4.30. The summed E-state index contributed by atoms with van der Waals surface area (Å²) < 4.78 is 44.6. The molecule has 0 aliphatic rings. The van der Waals surface area contributed by atoms with Crippen LogP contribution in [-0.2, 0) is 12.7 Å². The normalized spacial score (nSPS) is 11.1. The molecule has 0 unspecified atom stereocenters. The highest BCUT2D eigenvalue weighted by Gasteiger charge is 2.33. The van der Waals surface area contributed by atoms with Crippen LogP contribution >= 0.6 is 11.3 Å². The molecule has 0 saturated carbocycles. The minimum absolute atomic E-state index is 0.0492. The monoisotopic (exact) mass is 409 g/mol. The zero-order valence-corrected chi connectivity index (χ0v) is 15.3. The molecule has 2 heterocycles. The van der Waals surface area contributed by atoms with Gasteiger partial charge in [-0.1, -0.05) is 17.4 Å². The Morgan fingerprint density at radius 2 is 2.07 bits per heavy atom. The van der Waals surface area contributed by atoms with E-state index in [-0.39, 0.29) is 23.4 Å². The largest absolute Gasteiger partial charge is 0.497 e. The first-order valence-corrected chi connectivity index (χ1v) is 8.76. The topological polar surface area (TPSA) is 89.0 Å². The van der Waals surface area contributed by atoms with Gasteiger partial charge in [-0.05, 0) is 29.8 Å². The molecule has 0 bridgehead atoms. The van der Waals surface area contributed by atoms with Gasteiger partial charge in [0.05, 0.1) is 18.2 Å². The van der Waals surface area contributed by atoms with Gasteiger partial charge in [0.25, 0.3) is 5.91 Å². The average molecular weight is 409 g/mol. The van der Waals surface area contributed by atoms with Crippen LogP contribution < -0.4 is 15.4 Å². The number of amides is 1. The summed E-state index contributed by atoms with van der Waals surface area (Å²) >= 11 is 1.17. The van der Waals surface area contributed by atoms with Crippen molar-refractivity contribution in [3.8, 4) is 5.75 Å². The molecule has 3 aromatic rings. The number of methoxy groups -OCH3 is 1. The van der Waals surface area contributed by atoms with Gasteiger partial charge in [0, 0.05) is 12.7 Å². The Morgan fingerprint density at radius 3 is 2.68 bits per heavy atom. The fraction of sp³-hybridized carbons (Fsp3) is 0.176. The SMILES string of the molecule is COc1ccc(CNc2ccc(C(=O)Nc3nncs3)cn2)c(C(F)(F)F)c1. The molecule has 2 aromatic heterocycles. The van der Waals surface area contributed by atoms with Crippen LogP contribution in [0.5, 0.6) is 5.75 Å². The molecule has 0 radical (unpaired) electrons. The van der Waals surface area contributed by atoms with E-state index in [4.69, 9.17) is 4.74 Å². The van der Waals surface area contributed by atoms with Gasteiger partial charge in [-0.25, -0.2) is 4.98 Å². The number of carbonyl (C=O) groups excluding carboxylic acids is 1. The lowest BCUT2D eigenvalue weighted by Gasteiger charge is -2.15. The second-order valence-corrected chi connectivity index (χ2v) is 6.34. The van der Waals surface area contributed by atoms with Crippen LogP contribution in [0.15, 0.2) is 42.0 Å². The number of hydrogen-bond donors (Lipinski definition) is 2. The molecule has 0 atom stereocenters. The summed E-state index contributed by atoms with van der Waals surface area (Å²) in [4.78, 5) is 16.1. The average Bonchev–Trinajstić information content (AvgIpc) is 3.19. The van der Waals surface area contributed by atoms with E-state index in [2.05, 4.69) is 25.8 Å². The van der Waals surface area contributed by atoms with Crippen molar-refractivity contribution in [1.29, 1.82) is 0 Å². The van der Waals surface area contributed by atoms with Crippen molar-refractivity contribution < 1.29 is 22.7 Å². The molecule has 0 aliphatic heterocycles. The molecule has 2 N–H and O–H groups in total. The zero-order chi connectivity index (χ0) is 20.1. The molecular weight excluding hydrogens is 395 g/mol. The maximum Gasteiger partial charge on any atom is 0.416 e. The van der Waals surface area contributed by atoms with Crippen molar-refractivity contribution in [2.45, 2.75) is 12.7 Å². The second-order valence-electron chi connectivity index (χ2n) is 5.50. The Balaban J connectivity index is 1.67. The minimum Gasteiger partial charge on any atom is -0.497 e. The number of benzene rings is 1. The van der Waals surface area contributed by atoms with Crippen molar-refractivity contribution in [3.63, 3.8) is 0 Å². The Hall–Kier alpha value is -3.21. The Bertz CT molecular complexity index is 946. The van der Waals surface area contributed by atoms with Gasteiger partial charge in [0.1, 0.15) is 17.1 Å². The van der Waals surface area contributed by atoms with Crippen molar-refractivity contribution >= 4 is 28.2 Å². The van der Waals surface area contributed by atoms with Crippen molar-refractivity contribution in [3.05, 3.63) is 58.7 Å². The van der Waals surface area contributed by atoms with Crippen LogP contribution in [-0.4, -0.2) is 28.2 Å². The number of carbonyl (C=O) groups is 1. The Kier molecular flexibility index (Phi) is 5.73. The molecule has 1 aromatic carbocycles. The Labute approximate surface area is 161 Å². The number of aromatic nitrogens is 3. The number of alkyl halides is 3. The van der Waals surface area contributed by atoms with Gasteiger partial charge in [-0.2, -0.15) is 13.2 Å². The van der Waals surface area contributed by atoms with Crippen LogP contribution in [0.4, 0.5) is 24.1 Å². The van der Waals surface area contributed by atoms with E-state index in [0.717, 1.165) is 6.07 Å². The van der Waals surface area contributed by atoms with E-state index in [9.17, 15) is 18.0 Å². The third-order valence-electron chi connectivity index (χ3n) is 3.69. The predicted octanol–water partition coefficient (Wildman–Crippen LogP) is 3.82. The molecule has 0 spiro atoms. The molecule has 0 saturated heterocycles. The number of anilines is 2. The molecule has 0 aliphatic carbocycles. The summed E-state index contributed by atoms with van der Waals surface area (Å²) in [6.07, 6.45) is -3.19. The number of hydrogen-bond acceptors (Lipinski definition) is 7. The molecular formula is C17H14F3N5O2S. The van der Waals surface area contributed by atoms with Crippen LogP contribution in [0, 0.1) is 0 Å². The molecule has 1 amide bonds. The molecule has 146 valence electrons. The minimum atomic E-state index is -4.51. The van der Waals surface area contributed by atoms with Gasteiger partial charge in [-0.15, -0.1) is 10.2 Å². The molecule has 7 nitrogen and oxygen atoms in total. The highest BCUT2D eigenvalue weighted by atomic mass is 32.1. The van der Waals surface area contributed by atoms with Gasteiger partial charge in [0.15, 0.2) is 0 Å². The standard InChI is InChI=1S/C17H14F3N5O2S/c1-27-12-4-2-10(13(6-12)17(18,19)20)7-21-14-5-3-11(8-22-14)15(26)24-16-25-23-9-28-16/h2-6,8-9H,7H2,1H3,(H,21,22)(H,24,25,26). The number of nitrogens with one attached hydrogen (secondary N) is 2. The second kappa shape index (κ2) is 8.21. The lowest BCUT2D eigenvalue weighted by atomic mass is 10.1. The maximum absolute atomic E-state index is 13.2. The molecule has 0 fully saturated rings. The van der Waals surface area contributed by atoms with Gasteiger partial charge in [0.2, 0.25) is 5.13 Å². The van der Waals surface area contributed by atoms with E-state index < -0.39 is 17.6 Å². The summed E-state index contributed by atoms with van der Waals surface area (Å²) in [6, 6.07) is 6.76. The molecule has 28 heavy (non-hydrogen) atoms. The van der Waals surface area contributed by atoms with Gasteiger partial charge in [-0.3, -0.25) is 10.1 Å². The van der Waals surface area contributed by atoms with Crippen LogP contribution in [0.3, 0.4) is 0 Å². The lowest BCUT2D eigenvalue weighted by molar-refractivity contribution is -0.138. The highest BCUT2D eigenvalue weighted by molar-refractivity contribution is 7.13. The lowest BCUT2D eigenvalue weighted by Crippen LogP contribution is -2.14. The zero-order valence-electron chi connectivity index (χ0n) is 14.4.